The third-order valence-electron chi connectivity index (χ3n) is 6.89. The molecule has 9 nitrogen and oxygen atoms in total. The molecular weight excluding hydrogens is 488 g/mol. The molecule has 1 aliphatic carbocycles. The van der Waals surface area contributed by atoms with E-state index < -0.39 is 16.8 Å². The first kappa shape index (κ1) is 26.9. The first-order valence-corrected chi connectivity index (χ1v) is 12.5. The highest BCUT2D eigenvalue weighted by atomic mass is 16.6. The summed E-state index contributed by atoms with van der Waals surface area (Å²) in [4.78, 5) is 38.1. The maximum absolute atomic E-state index is 13.8. The molecule has 38 heavy (non-hydrogen) atoms. The summed E-state index contributed by atoms with van der Waals surface area (Å²) in [7, 11) is 3.13. The van der Waals surface area contributed by atoms with Gasteiger partial charge in [0.2, 0.25) is 0 Å². The van der Waals surface area contributed by atoms with Gasteiger partial charge in [-0.05, 0) is 48.4 Å². The van der Waals surface area contributed by atoms with Crippen molar-refractivity contribution < 1.29 is 28.7 Å². The van der Waals surface area contributed by atoms with Crippen LogP contribution < -0.4 is 14.8 Å². The minimum absolute atomic E-state index is 0.109. The van der Waals surface area contributed by atoms with Crippen molar-refractivity contribution in [2.24, 2.45) is 5.92 Å². The predicted molar refractivity (Wildman–Crippen MR) is 141 cm³/mol. The molecule has 0 saturated carbocycles. The number of ether oxygens (including phenoxy) is 3. The summed E-state index contributed by atoms with van der Waals surface area (Å²) >= 11 is 0. The molecule has 9 heteroatoms. The third kappa shape index (κ3) is 5.27. The van der Waals surface area contributed by atoms with Crippen LogP contribution in [0.1, 0.15) is 56.6 Å². The fourth-order valence-corrected chi connectivity index (χ4v) is 5.12. The number of Topliss-reactive ketones (excluding diaryl/α,β-unsaturated/α-hetero) is 1. The summed E-state index contributed by atoms with van der Waals surface area (Å²) in [5.74, 6) is -0.261. The first-order valence-electron chi connectivity index (χ1n) is 12.5. The zero-order valence-corrected chi connectivity index (χ0v) is 22.2. The number of ketones is 1. The van der Waals surface area contributed by atoms with Crippen LogP contribution in [-0.2, 0) is 14.3 Å². The molecule has 1 aliphatic heterocycles. The van der Waals surface area contributed by atoms with Crippen LogP contribution in [0.2, 0.25) is 0 Å². The van der Waals surface area contributed by atoms with E-state index in [0.29, 0.717) is 46.0 Å². The molecule has 0 unspecified atom stereocenters. The van der Waals surface area contributed by atoms with Gasteiger partial charge in [-0.2, -0.15) is 0 Å². The van der Waals surface area contributed by atoms with E-state index in [1.807, 2.05) is 32.0 Å². The quantitative estimate of drug-likeness (QED) is 0.288. The molecule has 0 saturated heterocycles. The van der Waals surface area contributed by atoms with Crippen molar-refractivity contribution in [1.29, 1.82) is 0 Å². The Morgan fingerprint density at radius 2 is 1.82 bits per heavy atom. The van der Waals surface area contributed by atoms with Gasteiger partial charge in [0.05, 0.1) is 31.3 Å². The average Bonchev–Trinajstić information content (AvgIpc) is 2.90. The van der Waals surface area contributed by atoms with Crippen LogP contribution in [0.5, 0.6) is 11.5 Å². The molecule has 2 aromatic rings. The minimum atomic E-state index is -0.773. The zero-order valence-electron chi connectivity index (χ0n) is 22.2. The molecule has 1 heterocycles. The number of carbonyl (C=O) groups excluding carboxylic acids is 2. The molecule has 0 bridgehead atoms. The number of nitrogens with zero attached hydrogens (tertiary/aromatic N) is 1. The van der Waals surface area contributed by atoms with Gasteiger partial charge in [-0.25, -0.2) is 4.79 Å². The van der Waals surface area contributed by atoms with Crippen LogP contribution in [0, 0.1) is 16.0 Å². The molecule has 0 amide bonds. The minimum Gasteiger partial charge on any atom is -0.493 e. The monoisotopic (exact) mass is 520 g/mol. The van der Waals surface area contributed by atoms with Gasteiger partial charge in [0.1, 0.15) is 0 Å². The van der Waals surface area contributed by atoms with Gasteiger partial charge >= 0.3 is 5.97 Å². The molecule has 2 aliphatic rings. The van der Waals surface area contributed by atoms with Crippen molar-refractivity contribution in [3.63, 3.8) is 0 Å². The number of rotatable bonds is 8. The van der Waals surface area contributed by atoms with E-state index >= 15 is 0 Å². The van der Waals surface area contributed by atoms with Crippen LogP contribution in [-0.4, -0.2) is 37.5 Å². The number of hydrogen-bond donors (Lipinski definition) is 1. The SMILES string of the molecule is COc1ccc([C@@H]2CC(=O)C3=C(C2)NC(C)=C(C(=O)OCC(C)C)[C@H]3c2cccc([N+](=O)[O-])c2)cc1OC. The highest BCUT2D eigenvalue weighted by Crippen LogP contribution is 2.47. The Morgan fingerprint density at radius 3 is 2.47 bits per heavy atom. The van der Waals surface area contributed by atoms with Crippen molar-refractivity contribution in [1.82, 2.24) is 5.32 Å². The summed E-state index contributed by atoms with van der Waals surface area (Å²) < 4.78 is 16.4. The Kier molecular flexibility index (Phi) is 7.85. The second kappa shape index (κ2) is 11.1. The smallest absolute Gasteiger partial charge is 0.336 e. The van der Waals surface area contributed by atoms with Crippen molar-refractivity contribution >= 4 is 17.4 Å². The second-order valence-electron chi connectivity index (χ2n) is 9.98. The number of nitro groups is 1. The standard InChI is InChI=1S/C29H32N2O7/c1-16(2)15-38-29(33)26-17(3)30-22-12-20(18-9-10-24(36-4)25(14-18)37-5)13-23(32)28(22)27(26)19-7-6-8-21(11-19)31(34)35/h6-11,14,16,20,27,30H,12-13,15H2,1-5H3/t20-,27+/m0/s1. The number of nitro benzene ring substituents is 1. The lowest BCUT2D eigenvalue weighted by molar-refractivity contribution is -0.384. The van der Waals surface area contributed by atoms with Crippen molar-refractivity contribution in [3.05, 3.63) is 86.2 Å². The van der Waals surface area contributed by atoms with Gasteiger partial charge in [-0.3, -0.25) is 14.9 Å². The van der Waals surface area contributed by atoms with Gasteiger partial charge < -0.3 is 19.5 Å². The molecular formula is C29H32N2O7. The van der Waals surface area contributed by atoms with Crippen LogP contribution >= 0.6 is 0 Å². The Hall–Kier alpha value is -4.14. The number of allylic oxidation sites excluding steroid dienone is 3. The zero-order chi connectivity index (χ0) is 27.6. The highest BCUT2D eigenvalue weighted by Gasteiger charge is 2.42. The lowest BCUT2D eigenvalue weighted by Gasteiger charge is -2.36. The normalized spacial score (nSPS) is 19.2. The summed E-state index contributed by atoms with van der Waals surface area (Å²) in [5, 5.41) is 14.8. The largest absolute Gasteiger partial charge is 0.493 e. The number of hydrogen-bond acceptors (Lipinski definition) is 8. The molecule has 2 atom stereocenters. The highest BCUT2D eigenvalue weighted by molar-refractivity contribution is 6.04. The summed E-state index contributed by atoms with van der Waals surface area (Å²) in [6, 6.07) is 11.7. The maximum Gasteiger partial charge on any atom is 0.336 e. The fourth-order valence-electron chi connectivity index (χ4n) is 5.12. The van der Waals surface area contributed by atoms with Crippen LogP contribution in [0.3, 0.4) is 0 Å². The van der Waals surface area contributed by atoms with E-state index in [0.717, 1.165) is 5.56 Å². The van der Waals surface area contributed by atoms with E-state index in [9.17, 15) is 19.7 Å². The number of non-ortho nitro benzene ring substituents is 1. The Bertz CT molecular complexity index is 1340. The van der Waals surface area contributed by atoms with Crippen LogP contribution in [0.15, 0.2) is 65.0 Å². The number of carbonyl (C=O) groups is 2. The van der Waals surface area contributed by atoms with E-state index in [-0.39, 0.29) is 36.3 Å². The van der Waals surface area contributed by atoms with Gasteiger partial charge in [0.15, 0.2) is 17.3 Å². The van der Waals surface area contributed by atoms with E-state index in [2.05, 4.69) is 5.32 Å². The topological polar surface area (TPSA) is 117 Å². The van der Waals surface area contributed by atoms with Gasteiger partial charge in [-0.15, -0.1) is 0 Å². The summed E-state index contributed by atoms with van der Waals surface area (Å²) in [6.45, 7) is 5.86. The summed E-state index contributed by atoms with van der Waals surface area (Å²) in [6.07, 6.45) is 0.739. The molecule has 0 aromatic heterocycles. The molecule has 200 valence electrons. The van der Waals surface area contributed by atoms with Gasteiger partial charge in [0, 0.05) is 41.4 Å². The van der Waals surface area contributed by atoms with Crippen LogP contribution in [0.25, 0.3) is 0 Å². The Balaban J connectivity index is 1.78. The van der Waals surface area contributed by atoms with Crippen molar-refractivity contribution in [3.8, 4) is 11.5 Å². The lowest BCUT2D eigenvalue weighted by atomic mass is 9.71. The Morgan fingerprint density at radius 1 is 1.08 bits per heavy atom. The summed E-state index contributed by atoms with van der Waals surface area (Å²) in [5.41, 5.74) is 3.33. The molecule has 1 N–H and O–H groups in total. The fraction of sp³-hybridized carbons (Fsp3) is 0.379. The molecule has 0 spiro atoms. The third-order valence-corrected chi connectivity index (χ3v) is 6.89. The van der Waals surface area contributed by atoms with Gasteiger partial charge in [0.25, 0.3) is 5.69 Å². The van der Waals surface area contributed by atoms with E-state index in [4.69, 9.17) is 14.2 Å². The lowest BCUT2D eigenvalue weighted by Crippen LogP contribution is -2.36. The molecule has 0 radical (unpaired) electrons. The predicted octanol–water partition coefficient (Wildman–Crippen LogP) is 5.17. The molecule has 4 rings (SSSR count). The maximum atomic E-state index is 13.8. The molecule has 0 fully saturated rings. The van der Waals surface area contributed by atoms with E-state index in [1.54, 1.807) is 33.3 Å². The number of nitrogens with one attached hydrogen (secondary N) is 1. The average molecular weight is 521 g/mol. The molecule has 2 aromatic carbocycles. The van der Waals surface area contributed by atoms with Crippen LogP contribution in [0.4, 0.5) is 5.69 Å². The van der Waals surface area contributed by atoms with Crippen molar-refractivity contribution in [2.45, 2.75) is 45.4 Å². The Labute approximate surface area is 221 Å². The number of benzene rings is 2. The number of methoxy groups -OCH3 is 2. The first-order chi connectivity index (χ1) is 18.1. The van der Waals surface area contributed by atoms with Gasteiger partial charge in [-0.1, -0.05) is 32.0 Å². The van der Waals surface area contributed by atoms with E-state index in [1.165, 1.54) is 12.1 Å². The number of esters is 1. The second-order valence-corrected chi connectivity index (χ2v) is 9.98. The number of dihydropyridines is 1. The van der Waals surface area contributed by atoms with Crippen molar-refractivity contribution in [2.75, 3.05) is 20.8 Å².